The first-order chi connectivity index (χ1) is 19.5. The van der Waals surface area contributed by atoms with Gasteiger partial charge in [0, 0.05) is 30.8 Å². The second-order valence-corrected chi connectivity index (χ2v) is 11.4. The molecule has 9 nitrogen and oxygen atoms in total. The summed E-state index contributed by atoms with van der Waals surface area (Å²) in [6, 6.07) is 12.9. The molecule has 1 aromatic carbocycles. The SMILES string of the molecule is O=C(OC1CCCCC1c1ccccc1)ON(C1CC(CCc2ccc3c(n2)NCCC3)C1)[C@@H](CCO)C(=O)O. The number of aliphatic hydroxyl groups is 1. The molecule has 0 bridgehead atoms. The van der Waals surface area contributed by atoms with Gasteiger partial charge >= 0.3 is 12.1 Å². The summed E-state index contributed by atoms with van der Waals surface area (Å²) >= 11 is 0. The smallest absolute Gasteiger partial charge is 0.480 e. The first-order valence-electron chi connectivity index (χ1n) is 14.8. The number of fused-ring (bicyclic) bond motifs is 1. The average Bonchev–Trinajstić information content (AvgIpc) is 2.95. The third-order valence-corrected chi connectivity index (χ3v) is 8.68. The summed E-state index contributed by atoms with van der Waals surface area (Å²) < 4.78 is 5.82. The van der Waals surface area contributed by atoms with Crippen molar-refractivity contribution in [3.63, 3.8) is 0 Å². The van der Waals surface area contributed by atoms with Gasteiger partial charge in [-0.15, -0.1) is 5.06 Å². The topological polar surface area (TPSA) is 121 Å². The number of rotatable bonds is 11. The van der Waals surface area contributed by atoms with E-state index < -0.39 is 18.2 Å². The van der Waals surface area contributed by atoms with Crippen LogP contribution in [0.3, 0.4) is 0 Å². The highest BCUT2D eigenvalue weighted by atomic mass is 16.8. The molecule has 1 aromatic heterocycles. The highest BCUT2D eigenvalue weighted by molar-refractivity contribution is 5.73. The Labute approximate surface area is 235 Å². The molecule has 2 aliphatic carbocycles. The van der Waals surface area contributed by atoms with Gasteiger partial charge in [0.2, 0.25) is 0 Å². The van der Waals surface area contributed by atoms with Crippen LogP contribution in [0, 0.1) is 5.92 Å². The maximum absolute atomic E-state index is 13.0. The van der Waals surface area contributed by atoms with E-state index in [2.05, 4.69) is 29.6 Å². The van der Waals surface area contributed by atoms with Gasteiger partial charge in [0.05, 0.1) is 0 Å². The molecular formula is C31H41N3O6. The minimum atomic E-state index is -1.13. The van der Waals surface area contributed by atoms with Gasteiger partial charge in [-0.2, -0.15) is 0 Å². The van der Waals surface area contributed by atoms with Crippen molar-refractivity contribution in [2.24, 2.45) is 5.92 Å². The minimum absolute atomic E-state index is 0.0358. The van der Waals surface area contributed by atoms with Crippen LogP contribution < -0.4 is 5.32 Å². The largest absolute Gasteiger partial charge is 0.528 e. The van der Waals surface area contributed by atoms with Crippen LogP contribution in [0.15, 0.2) is 42.5 Å². The molecule has 216 valence electrons. The number of aromatic nitrogens is 1. The highest BCUT2D eigenvalue weighted by Gasteiger charge is 2.42. The summed E-state index contributed by atoms with van der Waals surface area (Å²) in [5.41, 5.74) is 3.45. The van der Waals surface area contributed by atoms with Gasteiger partial charge in [-0.05, 0) is 87.3 Å². The number of ether oxygens (including phenoxy) is 1. The second kappa shape index (κ2) is 13.5. The maximum atomic E-state index is 13.0. The molecule has 5 rings (SSSR count). The molecule has 3 atom stereocenters. The van der Waals surface area contributed by atoms with Crippen molar-refractivity contribution in [1.29, 1.82) is 0 Å². The number of aliphatic hydroxyl groups excluding tert-OH is 1. The number of pyridine rings is 1. The number of anilines is 1. The van der Waals surface area contributed by atoms with Crippen molar-refractivity contribution < 1.29 is 29.4 Å². The van der Waals surface area contributed by atoms with Crippen LogP contribution in [0.5, 0.6) is 0 Å². The van der Waals surface area contributed by atoms with Crippen LogP contribution in [0.25, 0.3) is 0 Å². The van der Waals surface area contributed by atoms with Crippen molar-refractivity contribution in [2.75, 3.05) is 18.5 Å². The Morgan fingerprint density at radius 1 is 1.07 bits per heavy atom. The van der Waals surface area contributed by atoms with Gasteiger partial charge < -0.3 is 25.1 Å². The summed E-state index contributed by atoms with van der Waals surface area (Å²) in [6.07, 6.45) is 7.86. The number of carbonyl (C=O) groups excluding carboxylic acids is 1. The first kappa shape index (κ1) is 28.4. The fourth-order valence-corrected chi connectivity index (χ4v) is 6.43. The van der Waals surface area contributed by atoms with Crippen LogP contribution in [0.2, 0.25) is 0 Å². The Kier molecular flexibility index (Phi) is 9.54. The molecule has 0 saturated heterocycles. The Balaban J connectivity index is 1.18. The molecular weight excluding hydrogens is 510 g/mol. The Morgan fingerprint density at radius 2 is 1.88 bits per heavy atom. The molecule has 2 fully saturated rings. The minimum Gasteiger partial charge on any atom is -0.480 e. The van der Waals surface area contributed by atoms with Gasteiger partial charge in [-0.3, -0.25) is 4.79 Å². The predicted molar refractivity (Wildman–Crippen MR) is 150 cm³/mol. The van der Waals surface area contributed by atoms with Crippen molar-refractivity contribution in [3.8, 4) is 0 Å². The van der Waals surface area contributed by atoms with Gasteiger partial charge in [-0.1, -0.05) is 42.8 Å². The van der Waals surface area contributed by atoms with Crippen molar-refractivity contribution >= 4 is 17.9 Å². The lowest BCUT2D eigenvalue weighted by Gasteiger charge is -2.43. The summed E-state index contributed by atoms with van der Waals surface area (Å²) in [7, 11) is 0. The Morgan fingerprint density at radius 3 is 2.65 bits per heavy atom. The third kappa shape index (κ3) is 6.93. The van der Waals surface area contributed by atoms with E-state index in [1.807, 2.05) is 18.2 Å². The average molecular weight is 552 g/mol. The van der Waals surface area contributed by atoms with E-state index in [1.165, 1.54) is 10.6 Å². The number of nitrogens with one attached hydrogen (secondary N) is 1. The molecule has 3 N–H and O–H groups in total. The molecule has 0 radical (unpaired) electrons. The predicted octanol–water partition coefficient (Wildman–Crippen LogP) is 5.08. The highest BCUT2D eigenvalue weighted by Crippen LogP contribution is 2.38. The lowest BCUT2D eigenvalue weighted by atomic mass is 9.76. The molecule has 2 heterocycles. The molecule has 0 spiro atoms. The quantitative estimate of drug-likeness (QED) is 0.259. The van der Waals surface area contributed by atoms with Crippen molar-refractivity contribution in [1.82, 2.24) is 10.0 Å². The van der Waals surface area contributed by atoms with Gasteiger partial charge in [0.25, 0.3) is 0 Å². The number of hydrogen-bond donors (Lipinski definition) is 3. The number of hydrogen-bond acceptors (Lipinski definition) is 8. The molecule has 3 aliphatic rings. The molecule has 2 aromatic rings. The molecule has 9 heteroatoms. The molecule has 2 unspecified atom stereocenters. The maximum Gasteiger partial charge on any atom is 0.528 e. The van der Waals surface area contributed by atoms with E-state index in [1.54, 1.807) is 0 Å². The summed E-state index contributed by atoms with van der Waals surface area (Å²) in [4.78, 5) is 35.6. The fraction of sp³-hybridized carbons (Fsp3) is 0.581. The van der Waals surface area contributed by atoms with E-state index in [-0.39, 0.29) is 31.1 Å². The van der Waals surface area contributed by atoms with Crippen molar-refractivity contribution in [3.05, 3.63) is 59.3 Å². The van der Waals surface area contributed by atoms with Crippen LogP contribution >= 0.6 is 0 Å². The fourth-order valence-electron chi connectivity index (χ4n) is 6.43. The number of hydroxylamine groups is 2. The summed E-state index contributed by atoms with van der Waals surface area (Å²) in [5, 5.41) is 24.1. The van der Waals surface area contributed by atoms with E-state index in [0.717, 1.165) is 75.0 Å². The summed E-state index contributed by atoms with van der Waals surface area (Å²) in [5.74, 6) is 0.330. The van der Waals surface area contributed by atoms with Crippen LogP contribution in [0.4, 0.5) is 10.6 Å². The van der Waals surface area contributed by atoms with Crippen LogP contribution in [0.1, 0.15) is 80.5 Å². The normalized spacial score (nSPS) is 24.8. The van der Waals surface area contributed by atoms with Crippen molar-refractivity contribution in [2.45, 2.75) is 94.7 Å². The molecule has 2 saturated carbocycles. The molecule has 40 heavy (non-hydrogen) atoms. The Bertz CT molecular complexity index is 1140. The van der Waals surface area contributed by atoms with Gasteiger partial charge in [0.1, 0.15) is 18.0 Å². The Hall–Kier alpha value is -3.17. The van der Waals surface area contributed by atoms with Crippen LogP contribution in [-0.2, 0) is 27.2 Å². The zero-order valence-corrected chi connectivity index (χ0v) is 23.0. The first-order valence-corrected chi connectivity index (χ1v) is 14.8. The number of carboxylic acids is 1. The standard InChI is InChI=1S/C31H41N3O6/c35-18-16-27(30(36)37)34(40-31(38)39-28-11-5-4-10-26(28)22-7-2-1-3-8-22)25-19-21(20-25)12-14-24-15-13-23-9-6-17-32-29(23)33-24/h1-3,7-8,13,15,21,25-28,35H,4-6,9-12,14,16-20H2,(H,32,33)(H,36,37)/t21?,25?,26?,27-,28?/m0/s1. The van der Waals surface area contributed by atoms with E-state index in [0.29, 0.717) is 18.8 Å². The van der Waals surface area contributed by atoms with E-state index in [4.69, 9.17) is 14.6 Å². The van der Waals surface area contributed by atoms with Gasteiger partial charge in [0.15, 0.2) is 0 Å². The lowest BCUT2D eigenvalue weighted by molar-refractivity contribution is -0.217. The zero-order chi connectivity index (χ0) is 27.9. The van der Waals surface area contributed by atoms with E-state index >= 15 is 0 Å². The molecule has 1 aliphatic heterocycles. The number of carbonyl (C=O) groups is 2. The molecule has 0 amide bonds. The van der Waals surface area contributed by atoms with Gasteiger partial charge in [-0.25, -0.2) is 9.78 Å². The second-order valence-electron chi connectivity index (χ2n) is 11.4. The number of aliphatic carboxylic acids is 1. The third-order valence-electron chi connectivity index (χ3n) is 8.68. The number of aryl methyl sites for hydroxylation is 2. The number of carboxylic acid groups (broad SMARTS) is 1. The number of nitrogens with zero attached hydrogens (tertiary/aromatic N) is 2. The summed E-state index contributed by atoms with van der Waals surface area (Å²) in [6.45, 7) is 0.636. The van der Waals surface area contributed by atoms with E-state index in [9.17, 15) is 19.8 Å². The number of benzene rings is 1. The monoisotopic (exact) mass is 551 g/mol. The van der Waals surface area contributed by atoms with Crippen LogP contribution in [-0.4, -0.2) is 63.7 Å². The zero-order valence-electron chi connectivity index (χ0n) is 23.0. The lowest BCUT2D eigenvalue weighted by Crippen LogP contribution is -2.53.